The van der Waals surface area contributed by atoms with E-state index in [1.165, 1.54) is 27.3 Å². The number of ether oxygens (including phenoxy) is 2. The van der Waals surface area contributed by atoms with E-state index < -0.39 is 34.9 Å². The minimum absolute atomic E-state index is 0.0119. The number of allylic oxidation sites excluding steroid dienone is 2. The van der Waals surface area contributed by atoms with E-state index in [-0.39, 0.29) is 49.1 Å². The molecule has 1 aromatic carbocycles. The summed E-state index contributed by atoms with van der Waals surface area (Å²) in [5.41, 5.74) is 7.96. The molecule has 374 valence electrons. The van der Waals surface area contributed by atoms with Crippen LogP contribution in [0.15, 0.2) is 59.6 Å². The van der Waals surface area contributed by atoms with Crippen LogP contribution >= 0.6 is 11.3 Å². The largest absolute Gasteiger partial charge is 0.378 e. The first kappa shape index (κ1) is 52.9. The van der Waals surface area contributed by atoms with Gasteiger partial charge in [-0.1, -0.05) is 53.0 Å². The summed E-state index contributed by atoms with van der Waals surface area (Å²) in [5, 5.41) is 8.11. The Morgan fingerprint density at radius 1 is 1.13 bits per heavy atom. The highest BCUT2D eigenvalue weighted by Gasteiger charge is 2.43. The lowest BCUT2D eigenvalue weighted by atomic mass is 9.84. The number of carbonyl (C=O) groups excluding carboxylic acids is 5. The summed E-state index contributed by atoms with van der Waals surface area (Å²) in [7, 11) is 3.27. The number of aldehydes is 1. The molecular weight excluding hydrogens is 895 g/mol. The number of piperazine rings is 1. The molecule has 6 bridgehead atoms. The van der Waals surface area contributed by atoms with Gasteiger partial charge in [-0.15, -0.1) is 11.3 Å². The van der Waals surface area contributed by atoms with Crippen molar-refractivity contribution in [3.8, 4) is 11.3 Å². The smallest absolute Gasteiger partial charge is 0.321 e. The number of aryl methyl sites for hydroxylation is 1. The standard InChI is InChI=1S/C52H73N9O7S/c1-14-37(45(53-16-3)35(9)67-13)47-39-25-51(10,11)30-68-31-52(29-62)21-18-22-60(56-52)49(65)40(24-43-54-41(28-69-43)36-19-20-42(38(39)23-36)59(47)17-4)55-48(64)46(32(5)6)57(12)50(66)61-33(7)26-58(27-34(61)8)44(63)15-2/h14-16,19-20,23,28-29,32-35,40,46,56H,1-2,17-18,21-22,24-27,30-31H2,3-13H3,(H,55,64)/b45-37+,53-16?/t33-,34+,35-,40-,46-,52-/m0/s1. The van der Waals surface area contributed by atoms with Crippen molar-refractivity contribution in [1.82, 2.24) is 40.0 Å². The summed E-state index contributed by atoms with van der Waals surface area (Å²) >= 11 is 1.40. The molecule has 2 saturated heterocycles. The number of amides is 5. The molecule has 2 aromatic heterocycles. The van der Waals surface area contributed by atoms with Crippen LogP contribution in [0.4, 0.5) is 4.79 Å². The fourth-order valence-electron chi connectivity index (χ4n) is 10.3. The Kier molecular flexibility index (Phi) is 16.9. The monoisotopic (exact) mass is 968 g/mol. The number of likely N-dealkylation sites (N-methyl/N-ethyl adjacent to an activating group) is 1. The van der Waals surface area contributed by atoms with Gasteiger partial charge in [0.15, 0.2) is 0 Å². The topological polar surface area (TPSA) is 171 Å². The van der Waals surface area contributed by atoms with Gasteiger partial charge >= 0.3 is 6.03 Å². The van der Waals surface area contributed by atoms with Crippen molar-refractivity contribution in [3.05, 3.63) is 70.9 Å². The summed E-state index contributed by atoms with van der Waals surface area (Å²) in [6, 6.07) is 3.27. The maximum Gasteiger partial charge on any atom is 0.321 e. The number of methoxy groups -OCH3 is 1. The zero-order chi connectivity index (χ0) is 50.5. The third-order valence-electron chi connectivity index (χ3n) is 13.7. The molecular formula is C52H73N9O7S. The van der Waals surface area contributed by atoms with E-state index in [4.69, 9.17) is 19.5 Å². The molecule has 0 radical (unpaired) electrons. The van der Waals surface area contributed by atoms with Gasteiger partial charge in [0.25, 0.3) is 5.91 Å². The molecule has 3 aliphatic heterocycles. The van der Waals surface area contributed by atoms with Gasteiger partial charge in [-0.2, -0.15) is 0 Å². The average molecular weight is 968 g/mol. The molecule has 0 aliphatic carbocycles. The third-order valence-corrected chi connectivity index (χ3v) is 14.5. The second-order valence-electron chi connectivity index (χ2n) is 19.9. The molecule has 5 heterocycles. The molecule has 3 aliphatic rings. The van der Waals surface area contributed by atoms with E-state index in [0.717, 1.165) is 51.0 Å². The first-order valence-electron chi connectivity index (χ1n) is 24.2. The Balaban J connectivity index is 1.43. The van der Waals surface area contributed by atoms with E-state index in [1.54, 1.807) is 30.2 Å². The van der Waals surface area contributed by atoms with Crippen LogP contribution in [-0.4, -0.2) is 148 Å². The second-order valence-corrected chi connectivity index (χ2v) is 20.9. The molecule has 2 fully saturated rings. The molecule has 5 amide bonds. The molecule has 3 aromatic rings. The van der Waals surface area contributed by atoms with Gasteiger partial charge in [-0.3, -0.25) is 24.4 Å². The van der Waals surface area contributed by atoms with E-state index in [0.29, 0.717) is 57.1 Å². The maximum absolute atomic E-state index is 14.8. The molecule has 0 spiro atoms. The van der Waals surface area contributed by atoms with Gasteiger partial charge in [0.05, 0.1) is 41.4 Å². The van der Waals surface area contributed by atoms with Crippen LogP contribution in [0.1, 0.15) is 91.4 Å². The van der Waals surface area contributed by atoms with Crippen molar-refractivity contribution in [2.45, 2.75) is 130 Å². The Bertz CT molecular complexity index is 2480. The highest BCUT2D eigenvalue weighted by molar-refractivity contribution is 7.10. The van der Waals surface area contributed by atoms with Crippen molar-refractivity contribution in [1.29, 1.82) is 0 Å². The normalized spacial score (nSPS) is 23.6. The van der Waals surface area contributed by atoms with Gasteiger partial charge in [-0.05, 0) is 89.0 Å². The fraction of sp³-hybridized carbons (Fsp3) is 0.558. The van der Waals surface area contributed by atoms with E-state index in [2.05, 4.69) is 67.4 Å². The van der Waals surface area contributed by atoms with Crippen LogP contribution in [0.2, 0.25) is 0 Å². The Morgan fingerprint density at radius 2 is 1.84 bits per heavy atom. The van der Waals surface area contributed by atoms with E-state index in [9.17, 15) is 24.0 Å². The maximum atomic E-state index is 14.8. The van der Waals surface area contributed by atoms with Gasteiger partial charge < -0.3 is 38.9 Å². The number of nitrogens with zero attached hydrogens (tertiary/aromatic N) is 7. The van der Waals surface area contributed by atoms with Crippen LogP contribution in [0, 0.1) is 11.3 Å². The minimum atomic E-state index is -1.21. The SMILES string of the molecule is C=CC(=O)N1C[C@@H](C)N(C(=O)N(C)[C@H](C(=O)N[C@H]2Cc3nc(cs3)-c3ccc4c(c3)c(c(/C(C=C)=C(/N=CC)[C@H](C)OC)n4CC)CC(C)(C)COC[C@@]3(C=O)CCCN(N3)C2=O)C(C)C)[C@@H](C)C1. The average Bonchev–Trinajstić information content (AvgIpc) is 3.91. The van der Waals surface area contributed by atoms with Crippen LogP contribution in [0.3, 0.4) is 0 Å². The molecule has 0 saturated carbocycles. The zero-order valence-corrected chi connectivity index (χ0v) is 43.3. The fourth-order valence-corrected chi connectivity index (χ4v) is 11.2. The summed E-state index contributed by atoms with van der Waals surface area (Å²) in [6.07, 6.45) is 7.02. The lowest BCUT2D eigenvalue weighted by molar-refractivity contribution is -0.147. The second kappa shape index (κ2) is 22.1. The van der Waals surface area contributed by atoms with Gasteiger partial charge in [0, 0.05) is 92.5 Å². The number of nitrogens with one attached hydrogen (secondary N) is 2. The number of hydrazine groups is 1. The van der Waals surface area contributed by atoms with Gasteiger partial charge in [0.2, 0.25) is 11.8 Å². The quantitative estimate of drug-likeness (QED) is 0.0870. The molecule has 6 rings (SSSR count). The van der Waals surface area contributed by atoms with Gasteiger partial charge in [-0.25, -0.2) is 15.2 Å². The van der Waals surface area contributed by atoms with Crippen LogP contribution in [0.5, 0.6) is 0 Å². The lowest BCUT2D eigenvalue weighted by Crippen LogP contribution is -2.67. The predicted octanol–water partition coefficient (Wildman–Crippen LogP) is 6.68. The highest BCUT2D eigenvalue weighted by Crippen LogP contribution is 2.40. The van der Waals surface area contributed by atoms with Crippen molar-refractivity contribution < 1.29 is 33.4 Å². The van der Waals surface area contributed by atoms with E-state index >= 15 is 0 Å². The van der Waals surface area contributed by atoms with Crippen molar-refractivity contribution in [3.63, 3.8) is 0 Å². The number of carbonyl (C=O) groups is 5. The lowest BCUT2D eigenvalue weighted by Gasteiger charge is -2.46. The molecule has 2 N–H and O–H groups in total. The van der Waals surface area contributed by atoms with Crippen molar-refractivity contribution in [2.24, 2.45) is 16.3 Å². The summed E-state index contributed by atoms with van der Waals surface area (Å²) in [5.74, 6) is -1.49. The van der Waals surface area contributed by atoms with Crippen LogP contribution < -0.4 is 10.7 Å². The number of benzene rings is 1. The number of rotatable bonds is 12. The molecule has 69 heavy (non-hydrogen) atoms. The van der Waals surface area contributed by atoms with E-state index in [1.807, 2.05) is 53.0 Å². The first-order valence-corrected chi connectivity index (χ1v) is 25.0. The van der Waals surface area contributed by atoms with Gasteiger partial charge in [0.1, 0.15) is 23.9 Å². The Labute approximate surface area is 411 Å². The highest BCUT2D eigenvalue weighted by atomic mass is 32.1. The first-order chi connectivity index (χ1) is 32.8. The Hall–Kier alpha value is -5.49. The number of hydrogen-bond acceptors (Lipinski definition) is 11. The zero-order valence-electron chi connectivity index (χ0n) is 42.5. The minimum Gasteiger partial charge on any atom is -0.378 e. The summed E-state index contributed by atoms with van der Waals surface area (Å²) < 4.78 is 14.7. The van der Waals surface area contributed by atoms with Crippen molar-refractivity contribution >= 4 is 64.1 Å². The number of aliphatic imine (C=N–C) groups is 1. The molecule has 6 atom stereocenters. The summed E-state index contributed by atoms with van der Waals surface area (Å²) in [6.45, 7) is 27.6. The molecule has 16 nitrogen and oxygen atoms in total. The Morgan fingerprint density at radius 3 is 2.45 bits per heavy atom. The van der Waals surface area contributed by atoms with Crippen LogP contribution in [0.25, 0.3) is 27.7 Å². The predicted molar refractivity (Wildman–Crippen MR) is 273 cm³/mol. The van der Waals surface area contributed by atoms with Crippen molar-refractivity contribution in [2.75, 3.05) is 47.0 Å². The summed E-state index contributed by atoms with van der Waals surface area (Å²) in [4.78, 5) is 84.2. The van der Waals surface area contributed by atoms with Crippen LogP contribution in [-0.2, 0) is 48.0 Å². The molecule has 17 heteroatoms. The number of thiazole rings is 1. The number of hydrogen-bond donors (Lipinski definition) is 2. The number of aromatic nitrogens is 2. The number of fused-ring (bicyclic) bond motifs is 6. The molecule has 0 unspecified atom stereocenters. The third kappa shape index (κ3) is 11.1. The number of urea groups is 1.